The van der Waals surface area contributed by atoms with E-state index in [4.69, 9.17) is 0 Å². The van der Waals surface area contributed by atoms with Crippen LogP contribution in [0.2, 0.25) is 0 Å². The minimum Gasteiger partial charge on any atom is -0.363 e. The zero-order chi connectivity index (χ0) is 18.5. The van der Waals surface area contributed by atoms with E-state index in [1.165, 1.54) is 0 Å². The van der Waals surface area contributed by atoms with Crippen LogP contribution in [-0.2, 0) is 11.3 Å². The molecule has 1 fully saturated rings. The molecule has 1 amide bonds. The van der Waals surface area contributed by atoms with Gasteiger partial charge in [0.2, 0.25) is 11.9 Å². The third kappa shape index (κ3) is 4.50. The summed E-state index contributed by atoms with van der Waals surface area (Å²) in [5.74, 6) is 1.88. The standard InChI is InChI=1S/C20H27N5O/c1-15-13-18(24(2)3)23-20(22-15)25-11-9-17(10-12-25)19(26)21-14-16-7-5-4-6-8-16/h4-8,13,17H,9-12,14H2,1-3H3,(H,21,26). The molecular formula is C20H27N5O. The number of carbonyl (C=O) groups excluding carboxylic acids is 1. The summed E-state index contributed by atoms with van der Waals surface area (Å²) in [5, 5.41) is 3.06. The average molecular weight is 353 g/mol. The summed E-state index contributed by atoms with van der Waals surface area (Å²) >= 11 is 0. The van der Waals surface area contributed by atoms with Crippen molar-refractivity contribution in [1.82, 2.24) is 15.3 Å². The predicted molar refractivity (Wildman–Crippen MR) is 104 cm³/mol. The molecule has 0 saturated carbocycles. The maximum absolute atomic E-state index is 12.4. The largest absolute Gasteiger partial charge is 0.363 e. The molecule has 6 heteroatoms. The molecule has 0 unspecified atom stereocenters. The van der Waals surface area contributed by atoms with Crippen molar-refractivity contribution in [3.05, 3.63) is 47.7 Å². The van der Waals surface area contributed by atoms with Crippen molar-refractivity contribution in [2.75, 3.05) is 37.0 Å². The molecule has 0 aliphatic carbocycles. The highest BCUT2D eigenvalue weighted by atomic mass is 16.1. The zero-order valence-electron chi connectivity index (χ0n) is 15.8. The van der Waals surface area contributed by atoms with Crippen molar-refractivity contribution in [3.8, 4) is 0 Å². The molecule has 138 valence electrons. The summed E-state index contributed by atoms with van der Waals surface area (Å²) in [6.45, 7) is 4.19. The molecule has 0 spiro atoms. The molecule has 0 radical (unpaired) electrons. The number of nitrogens with one attached hydrogen (secondary N) is 1. The van der Waals surface area contributed by atoms with Gasteiger partial charge < -0.3 is 15.1 Å². The number of hydrogen-bond donors (Lipinski definition) is 1. The van der Waals surface area contributed by atoms with Crippen molar-refractivity contribution in [2.24, 2.45) is 5.92 Å². The first-order valence-corrected chi connectivity index (χ1v) is 9.12. The average Bonchev–Trinajstić information content (AvgIpc) is 2.66. The Kier molecular flexibility index (Phi) is 5.71. The fourth-order valence-electron chi connectivity index (χ4n) is 3.18. The van der Waals surface area contributed by atoms with Crippen LogP contribution < -0.4 is 15.1 Å². The third-order valence-corrected chi connectivity index (χ3v) is 4.75. The van der Waals surface area contributed by atoms with Gasteiger partial charge in [-0.1, -0.05) is 30.3 Å². The fraction of sp³-hybridized carbons (Fsp3) is 0.450. The van der Waals surface area contributed by atoms with Crippen LogP contribution in [0, 0.1) is 12.8 Å². The number of aryl methyl sites for hydroxylation is 1. The maximum atomic E-state index is 12.4. The second-order valence-corrected chi connectivity index (χ2v) is 7.03. The van der Waals surface area contributed by atoms with Gasteiger partial charge in [0.05, 0.1) is 0 Å². The highest BCUT2D eigenvalue weighted by Gasteiger charge is 2.26. The van der Waals surface area contributed by atoms with Gasteiger partial charge in [-0.15, -0.1) is 0 Å². The highest BCUT2D eigenvalue weighted by molar-refractivity contribution is 5.78. The lowest BCUT2D eigenvalue weighted by atomic mass is 9.96. The number of hydrogen-bond acceptors (Lipinski definition) is 5. The lowest BCUT2D eigenvalue weighted by Gasteiger charge is -2.32. The van der Waals surface area contributed by atoms with Crippen molar-refractivity contribution >= 4 is 17.7 Å². The molecule has 1 aliphatic heterocycles. The molecule has 1 N–H and O–H groups in total. The number of nitrogens with zero attached hydrogens (tertiary/aromatic N) is 4. The second kappa shape index (κ2) is 8.17. The molecule has 1 aliphatic rings. The van der Waals surface area contributed by atoms with E-state index in [2.05, 4.69) is 20.2 Å². The molecule has 0 bridgehead atoms. The zero-order valence-corrected chi connectivity index (χ0v) is 15.8. The van der Waals surface area contributed by atoms with E-state index in [0.717, 1.165) is 49.0 Å². The van der Waals surface area contributed by atoms with E-state index >= 15 is 0 Å². The highest BCUT2D eigenvalue weighted by Crippen LogP contribution is 2.23. The first-order valence-electron chi connectivity index (χ1n) is 9.12. The summed E-state index contributed by atoms with van der Waals surface area (Å²) in [6.07, 6.45) is 1.66. The first-order chi connectivity index (χ1) is 12.5. The molecule has 6 nitrogen and oxygen atoms in total. The van der Waals surface area contributed by atoms with Crippen LogP contribution in [0.4, 0.5) is 11.8 Å². The number of benzene rings is 1. The molecule has 1 saturated heterocycles. The van der Waals surface area contributed by atoms with Crippen molar-refractivity contribution in [2.45, 2.75) is 26.3 Å². The quantitative estimate of drug-likeness (QED) is 0.894. The van der Waals surface area contributed by atoms with Crippen LogP contribution in [0.3, 0.4) is 0 Å². The Balaban J connectivity index is 1.55. The Morgan fingerprint density at radius 1 is 1.19 bits per heavy atom. The van der Waals surface area contributed by atoms with Gasteiger partial charge in [-0.2, -0.15) is 4.98 Å². The molecule has 2 heterocycles. The van der Waals surface area contributed by atoms with E-state index in [1.54, 1.807) is 0 Å². The van der Waals surface area contributed by atoms with Gasteiger partial charge in [0.1, 0.15) is 5.82 Å². The molecule has 2 aromatic rings. The topological polar surface area (TPSA) is 61.4 Å². The van der Waals surface area contributed by atoms with Crippen molar-refractivity contribution in [3.63, 3.8) is 0 Å². The van der Waals surface area contributed by atoms with E-state index in [0.29, 0.717) is 6.54 Å². The first kappa shape index (κ1) is 18.2. The smallest absolute Gasteiger partial charge is 0.227 e. The molecule has 1 aromatic carbocycles. The summed E-state index contributed by atoms with van der Waals surface area (Å²) in [6, 6.07) is 12.0. The van der Waals surface area contributed by atoms with Crippen molar-refractivity contribution in [1.29, 1.82) is 0 Å². The van der Waals surface area contributed by atoms with Gasteiger partial charge in [-0.25, -0.2) is 4.98 Å². The Morgan fingerprint density at radius 2 is 1.88 bits per heavy atom. The van der Waals surface area contributed by atoms with Gasteiger partial charge in [-0.05, 0) is 25.3 Å². The van der Waals surface area contributed by atoms with Crippen LogP contribution in [0.5, 0.6) is 0 Å². The van der Waals surface area contributed by atoms with Gasteiger partial charge >= 0.3 is 0 Å². The molecule has 3 rings (SSSR count). The van der Waals surface area contributed by atoms with Gasteiger partial charge in [-0.3, -0.25) is 4.79 Å². The van der Waals surface area contributed by atoms with Crippen LogP contribution in [0.15, 0.2) is 36.4 Å². The summed E-state index contributed by atoms with van der Waals surface area (Å²) in [7, 11) is 3.96. The Morgan fingerprint density at radius 3 is 2.54 bits per heavy atom. The van der Waals surface area contributed by atoms with Crippen LogP contribution >= 0.6 is 0 Å². The normalized spacial score (nSPS) is 15.0. The van der Waals surface area contributed by atoms with Gasteiger partial charge in [0.15, 0.2) is 0 Å². The molecule has 26 heavy (non-hydrogen) atoms. The minimum atomic E-state index is 0.0630. The predicted octanol–water partition coefficient (Wildman–Crippen LogP) is 2.38. The number of rotatable bonds is 5. The molecule has 0 atom stereocenters. The SMILES string of the molecule is Cc1cc(N(C)C)nc(N2CCC(C(=O)NCc3ccccc3)CC2)n1. The Bertz CT molecular complexity index is 739. The monoisotopic (exact) mass is 353 g/mol. The van der Waals surface area contributed by atoms with Gasteiger partial charge in [0, 0.05) is 51.4 Å². The number of carbonyl (C=O) groups is 1. The molecular weight excluding hydrogens is 326 g/mol. The number of amides is 1. The fourth-order valence-corrected chi connectivity index (χ4v) is 3.18. The van der Waals surface area contributed by atoms with Gasteiger partial charge in [0.25, 0.3) is 0 Å². The van der Waals surface area contributed by atoms with Crippen LogP contribution in [0.25, 0.3) is 0 Å². The minimum absolute atomic E-state index is 0.0630. The lowest BCUT2D eigenvalue weighted by molar-refractivity contribution is -0.125. The number of anilines is 2. The number of aromatic nitrogens is 2. The van der Waals surface area contributed by atoms with E-state index in [9.17, 15) is 4.79 Å². The van der Waals surface area contributed by atoms with E-state index < -0.39 is 0 Å². The maximum Gasteiger partial charge on any atom is 0.227 e. The second-order valence-electron chi connectivity index (χ2n) is 7.03. The van der Waals surface area contributed by atoms with Crippen molar-refractivity contribution < 1.29 is 4.79 Å². The lowest BCUT2D eigenvalue weighted by Crippen LogP contribution is -2.41. The Hall–Kier alpha value is -2.63. The third-order valence-electron chi connectivity index (χ3n) is 4.75. The summed E-state index contributed by atoms with van der Waals surface area (Å²) in [5.41, 5.74) is 2.09. The van der Waals surface area contributed by atoms with E-state index in [1.807, 2.05) is 62.3 Å². The Labute approximate surface area is 155 Å². The van der Waals surface area contributed by atoms with Crippen LogP contribution in [0.1, 0.15) is 24.1 Å². The van der Waals surface area contributed by atoms with E-state index in [-0.39, 0.29) is 11.8 Å². The van der Waals surface area contributed by atoms with Crippen LogP contribution in [-0.4, -0.2) is 43.1 Å². The summed E-state index contributed by atoms with van der Waals surface area (Å²) < 4.78 is 0. The molecule has 1 aromatic heterocycles. The summed E-state index contributed by atoms with van der Waals surface area (Å²) in [4.78, 5) is 25.8. The number of piperidine rings is 1.